The van der Waals surface area contributed by atoms with E-state index in [4.69, 9.17) is 11.1 Å². The third-order valence-corrected chi connectivity index (χ3v) is 2.95. The highest BCUT2D eigenvalue weighted by Gasteiger charge is 2.22. The van der Waals surface area contributed by atoms with E-state index < -0.39 is 52.3 Å². The van der Waals surface area contributed by atoms with Gasteiger partial charge in [-0.15, -0.1) is 0 Å². The van der Waals surface area contributed by atoms with Gasteiger partial charge in [-0.1, -0.05) is 0 Å². The van der Waals surface area contributed by atoms with Gasteiger partial charge in [0.05, 0.1) is 5.56 Å². The van der Waals surface area contributed by atoms with Crippen molar-refractivity contribution in [3.8, 4) is 5.75 Å². The van der Waals surface area contributed by atoms with Crippen LogP contribution in [0.15, 0.2) is 24.3 Å². The first-order valence-electron chi connectivity index (χ1n) is 6.61. The van der Waals surface area contributed by atoms with Gasteiger partial charge in [0.15, 0.2) is 23.3 Å². The molecule has 2 aromatic rings. The van der Waals surface area contributed by atoms with E-state index in [0.717, 1.165) is 18.2 Å². The molecule has 0 fully saturated rings. The number of benzene rings is 2. The van der Waals surface area contributed by atoms with E-state index in [1.165, 1.54) is 0 Å². The number of halogens is 5. The molecule has 0 aliphatic heterocycles. The topological polar surface area (TPSA) is 88.2 Å². The summed E-state index contributed by atoms with van der Waals surface area (Å²) in [6, 6.07) is 3.07. The fourth-order valence-corrected chi connectivity index (χ4v) is 1.85. The Balaban J connectivity index is 2.28. The highest BCUT2D eigenvalue weighted by Crippen LogP contribution is 2.25. The van der Waals surface area contributed by atoms with E-state index in [9.17, 15) is 26.7 Å². The fourth-order valence-electron chi connectivity index (χ4n) is 1.85. The molecule has 25 heavy (non-hydrogen) atoms. The predicted octanol–water partition coefficient (Wildman–Crippen LogP) is 2.58. The van der Waals surface area contributed by atoms with Gasteiger partial charge in [0.25, 0.3) is 0 Å². The molecule has 4 N–H and O–H groups in total. The summed E-state index contributed by atoms with van der Waals surface area (Å²) >= 11 is 0. The fraction of sp³-hybridized carbons (Fsp3) is 0.0667. The van der Waals surface area contributed by atoms with Crippen molar-refractivity contribution in [1.29, 1.82) is 5.41 Å². The van der Waals surface area contributed by atoms with Gasteiger partial charge in [0.2, 0.25) is 11.6 Å². The number of ether oxygens (including phenoxy) is 1. The van der Waals surface area contributed by atoms with Gasteiger partial charge in [-0.05, 0) is 23.8 Å². The largest absolute Gasteiger partial charge is 0.420 e. The van der Waals surface area contributed by atoms with Crippen LogP contribution in [0.3, 0.4) is 0 Å². The molecule has 0 saturated heterocycles. The Hall–Kier alpha value is -3.17. The van der Waals surface area contributed by atoms with Crippen LogP contribution in [0.25, 0.3) is 0 Å². The SMILES string of the molecule is N=C(N)NCc1cc([18F])cc(C(=O)Oc2cc(F)c(F)c(F)c2F)c1. The second kappa shape index (κ2) is 7.16. The molecule has 0 radical (unpaired) electrons. The van der Waals surface area contributed by atoms with E-state index in [0.29, 0.717) is 0 Å². The van der Waals surface area contributed by atoms with Crippen molar-refractivity contribution in [2.75, 3.05) is 0 Å². The summed E-state index contributed by atoms with van der Waals surface area (Å²) in [5.41, 5.74) is 4.87. The van der Waals surface area contributed by atoms with E-state index in [2.05, 4.69) is 10.1 Å². The van der Waals surface area contributed by atoms with Crippen LogP contribution in [0.5, 0.6) is 5.75 Å². The van der Waals surface area contributed by atoms with Gasteiger partial charge in [0.1, 0.15) is 5.82 Å². The quantitative estimate of drug-likeness (QED) is 0.149. The van der Waals surface area contributed by atoms with Gasteiger partial charge in [-0.2, -0.15) is 4.39 Å². The Morgan fingerprint density at radius 2 is 1.72 bits per heavy atom. The molecule has 0 aliphatic carbocycles. The van der Waals surface area contributed by atoms with Crippen LogP contribution >= 0.6 is 0 Å². The summed E-state index contributed by atoms with van der Waals surface area (Å²) in [4.78, 5) is 11.9. The maximum Gasteiger partial charge on any atom is 0.343 e. The smallest absolute Gasteiger partial charge is 0.343 e. The summed E-state index contributed by atoms with van der Waals surface area (Å²) in [6.07, 6.45) is 0. The van der Waals surface area contributed by atoms with Gasteiger partial charge in [-0.3, -0.25) is 5.41 Å². The minimum absolute atomic E-state index is 0.0957. The van der Waals surface area contributed by atoms with Gasteiger partial charge in [0, 0.05) is 12.6 Å². The molecule has 5 nitrogen and oxygen atoms in total. The lowest BCUT2D eigenvalue weighted by molar-refractivity contribution is 0.0724. The molecule has 0 saturated carbocycles. The van der Waals surface area contributed by atoms with Crippen LogP contribution in [0.4, 0.5) is 22.0 Å². The summed E-state index contributed by atoms with van der Waals surface area (Å²) < 4.78 is 70.6. The molecule has 0 heterocycles. The van der Waals surface area contributed by atoms with E-state index in [1.807, 2.05) is 0 Å². The monoisotopic (exact) mass is 358 g/mol. The van der Waals surface area contributed by atoms with Crippen molar-refractivity contribution in [2.24, 2.45) is 5.73 Å². The number of carbonyl (C=O) groups is 1. The molecule has 0 spiro atoms. The number of rotatable bonds is 4. The number of nitrogens with one attached hydrogen (secondary N) is 2. The molecular formula is C15H10F5N3O2. The number of carbonyl (C=O) groups excluding carboxylic acids is 1. The van der Waals surface area contributed by atoms with E-state index in [1.54, 1.807) is 0 Å². The van der Waals surface area contributed by atoms with Crippen LogP contribution < -0.4 is 15.8 Å². The average molecular weight is 358 g/mol. The highest BCUT2D eigenvalue weighted by atomic mass is 19.2. The minimum atomic E-state index is -2.15. The third kappa shape index (κ3) is 4.22. The van der Waals surface area contributed by atoms with Crippen molar-refractivity contribution in [3.63, 3.8) is 0 Å². The zero-order valence-electron chi connectivity index (χ0n) is 12.3. The zero-order chi connectivity index (χ0) is 18.7. The van der Waals surface area contributed by atoms with Crippen LogP contribution in [0.1, 0.15) is 15.9 Å². The number of hydrogen-bond acceptors (Lipinski definition) is 3. The molecule has 0 amide bonds. The Kier molecular flexibility index (Phi) is 5.20. The van der Waals surface area contributed by atoms with E-state index in [-0.39, 0.29) is 18.2 Å². The third-order valence-electron chi connectivity index (χ3n) is 2.95. The van der Waals surface area contributed by atoms with Crippen molar-refractivity contribution >= 4 is 11.9 Å². The lowest BCUT2D eigenvalue weighted by atomic mass is 10.1. The predicted molar refractivity (Wildman–Crippen MR) is 76.4 cm³/mol. The normalized spacial score (nSPS) is 10.4. The maximum atomic E-state index is 13.5. The molecule has 132 valence electrons. The van der Waals surface area contributed by atoms with Crippen LogP contribution in [0, 0.1) is 34.5 Å². The van der Waals surface area contributed by atoms with Crippen molar-refractivity contribution in [3.05, 3.63) is 64.5 Å². The first-order chi connectivity index (χ1) is 11.7. The molecule has 0 aromatic heterocycles. The Bertz CT molecular complexity index is 858. The van der Waals surface area contributed by atoms with Crippen LogP contribution in [-0.2, 0) is 6.54 Å². The molecule has 0 bridgehead atoms. The maximum absolute atomic E-state index is 13.5. The first-order valence-corrected chi connectivity index (χ1v) is 6.61. The minimum Gasteiger partial charge on any atom is -0.420 e. The van der Waals surface area contributed by atoms with Gasteiger partial charge >= 0.3 is 5.97 Å². The Morgan fingerprint density at radius 1 is 1.04 bits per heavy atom. The van der Waals surface area contributed by atoms with Gasteiger partial charge in [-0.25, -0.2) is 22.4 Å². The Labute approximate surface area is 137 Å². The molecule has 10 heteroatoms. The van der Waals surface area contributed by atoms with Crippen LogP contribution in [0.2, 0.25) is 0 Å². The molecule has 0 unspecified atom stereocenters. The molecule has 2 aromatic carbocycles. The standard InChI is InChI=1S/C15H10F5N3O2/c16-8-2-6(5-23-15(21)22)1-7(3-8)14(24)25-10-4-9(17)11(18)13(20)12(10)19/h1-4H,5H2,(H4,21,22,23)/i16-1. The van der Waals surface area contributed by atoms with Crippen LogP contribution in [-0.4, -0.2) is 11.9 Å². The molecule has 0 atom stereocenters. The number of hydrogen-bond donors (Lipinski definition) is 3. The number of guanidine groups is 1. The molecular weight excluding hydrogens is 348 g/mol. The number of esters is 1. The Morgan fingerprint density at radius 3 is 2.36 bits per heavy atom. The summed E-state index contributed by atoms with van der Waals surface area (Å²) in [5, 5.41) is 9.38. The average Bonchev–Trinajstić information content (AvgIpc) is 2.55. The highest BCUT2D eigenvalue weighted by molar-refractivity contribution is 5.91. The lowest BCUT2D eigenvalue weighted by Crippen LogP contribution is -2.29. The summed E-state index contributed by atoms with van der Waals surface area (Å²) in [5.74, 6) is -11.6. The van der Waals surface area contributed by atoms with Crippen molar-refractivity contribution < 1.29 is 31.5 Å². The number of nitrogens with two attached hydrogens (primary N) is 1. The molecule has 0 aliphatic rings. The zero-order valence-corrected chi connectivity index (χ0v) is 12.3. The first kappa shape index (κ1) is 18.2. The second-order valence-corrected chi connectivity index (χ2v) is 4.80. The second-order valence-electron chi connectivity index (χ2n) is 4.80. The van der Waals surface area contributed by atoms with Crippen molar-refractivity contribution in [1.82, 2.24) is 5.32 Å². The van der Waals surface area contributed by atoms with Gasteiger partial charge < -0.3 is 15.8 Å². The summed E-state index contributed by atoms with van der Waals surface area (Å²) in [7, 11) is 0. The van der Waals surface area contributed by atoms with E-state index >= 15 is 0 Å². The lowest BCUT2D eigenvalue weighted by Gasteiger charge is -2.09. The summed E-state index contributed by atoms with van der Waals surface area (Å²) in [6.45, 7) is -0.0957. The molecule has 2 rings (SSSR count). The van der Waals surface area contributed by atoms with Crippen molar-refractivity contribution in [2.45, 2.75) is 6.54 Å².